The molecule has 21 heavy (non-hydrogen) atoms. The Kier molecular flexibility index (Phi) is 3.13. The highest BCUT2D eigenvalue weighted by Gasteiger charge is 2.56. The number of benzene rings is 1. The molecule has 1 aromatic rings. The summed E-state index contributed by atoms with van der Waals surface area (Å²) in [6.45, 7) is 6.97. The summed E-state index contributed by atoms with van der Waals surface area (Å²) in [5, 5.41) is 0. The van der Waals surface area contributed by atoms with Crippen LogP contribution in [0.4, 0.5) is 0 Å². The normalized spacial score (nSPS) is 29.4. The number of fused-ring (bicyclic) bond motifs is 3. The highest BCUT2D eigenvalue weighted by atomic mass is 16.5. The Bertz CT molecular complexity index is 635. The highest BCUT2D eigenvalue weighted by Crippen LogP contribution is 2.58. The molecule has 0 spiro atoms. The second-order valence-corrected chi connectivity index (χ2v) is 7.26. The van der Waals surface area contributed by atoms with E-state index in [0.29, 0.717) is 5.78 Å². The van der Waals surface area contributed by atoms with Crippen LogP contribution in [0.1, 0.15) is 56.0 Å². The maximum Gasteiger partial charge on any atom is 0.167 e. The summed E-state index contributed by atoms with van der Waals surface area (Å²) >= 11 is 0. The first-order valence-corrected chi connectivity index (χ1v) is 7.65. The molecule has 2 aliphatic carbocycles. The van der Waals surface area contributed by atoms with Crippen LogP contribution in [0.15, 0.2) is 18.2 Å². The molecular weight excluding hydrogens is 260 g/mol. The minimum Gasteiger partial charge on any atom is -0.481 e. The third-order valence-corrected chi connectivity index (χ3v) is 5.39. The van der Waals surface area contributed by atoms with Crippen LogP contribution in [-0.2, 0) is 5.41 Å². The first-order chi connectivity index (χ1) is 9.90. The van der Waals surface area contributed by atoms with Crippen LogP contribution in [0.25, 0.3) is 0 Å². The van der Waals surface area contributed by atoms with E-state index >= 15 is 0 Å². The van der Waals surface area contributed by atoms with Gasteiger partial charge in [0.15, 0.2) is 5.78 Å². The van der Waals surface area contributed by atoms with Gasteiger partial charge in [0, 0.05) is 16.9 Å². The van der Waals surface area contributed by atoms with E-state index in [2.05, 4.69) is 26.7 Å². The summed E-state index contributed by atoms with van der Waals surface area (Å²) in [6, 6.07) is 5.82. The first kappa shape index (κ1) is 14.2. The molecule has 110 valence electrons. The van der Waals surface area contributed by atoms with Crippen LogP contribution in [0, 0.1) is 23.7 Å². The summed E-state index contributed by atoms with van der Waals surface area (Å²) in [4.78, 5) is 12.9. The monoisotopic (exact) mass is 282 g/mol. The number of carbonyl (C=O) groups excluding carboxylic acids is 1. The molecule has 0 N–H and O–H groups in total. The highest BCUT2D eigenvalue weighted by molar-refractivity contribution is 6.04. The minimum atomic E-state index is -0.0658. The number of Topliss-reactive ketones (excluding diaryl/α,β-unsaturated/α-hetero) is 1. The summed E-state index contributed by atoms with van der Waals surface area (Å²) in [6.07, 6.45) is 8.61. The second kappa shape index (κ2) is 4.63. The Morgan fingerprint density at radius 2 is 2.10 bits per heavy atom. The molecule has 1 fully saturated rings. The summed E-state index contributed by atoms with van der Waals surface area (Å²) in [5.41, 5.74) is 2.03. The minimum absolute atomic E-state index is 0.0585. The molecule has 0 aliphatic heterocycles. The third-order valence-electron chi connectivity index (χ3n) is 5.39. The Balaban J connectivity index is 2.08. The number of terminal acetylenes is 1. The molecule has 1 saturated carbocycles. The van der Waals surface area contributed by atoms with E-state index < -0.39 is 0 Å². The lowest BCUT2D eigenvalue weighted by Crippen LogP contribution is -2.44. The van der Waals surface area contributed by atoms with Crippen LogP contribution in [0.2, 0.25) is 0 Å². The van der Waals surface area contributed by atoms with Crippen molar-refractivity contribution in [2.75, 3.05) is 6.61 Å². The van der Waals surface area contributed by atoms with Crippen molar-refractivity contribution in [2.45, 2.75) is 45.4 Å². The maximum absolute atomic E-state index is 12.9. The van der Waals surface area contributed by atoms with Crippen molar-refractivity contribution in [3.8, 4) is 18.1 Å². The van der Waals surface area contributed by atoms with Crippen LogP contribution in [-0.4, -0.2) is 12.4 Å². The molecule has 0 saturated heterocycles. The number of hydrogen-bond donors (Lipinski definition) is 0. The van der Waals surface area contributed by atoms with Crippen molar-refractivity contribution in [3.63, 3.8) is 0 Å². The molecule has 2 aliphatic rings. The molecule has 2 atom stereocenters. The lowest BCUT2D eigenvalue weighted by molar-refractivity contribution is 0.0500. The zero-order chi connectivity index (χ0) is 15.3. The van der Waals surface area contributed by atoms with E-state index in [1.165, 1.54) is 6.42 Å². The fraction of sp³-hybridized carbons (Fsp3) is 0.526. The van der Waals surface area contributed by atoms with Gasteiger partial charge in [0.1, 0.15) is 12.4 Å². The first-order valence-electron chi connectivity index (χ1n) is 7.65. The van der Waals surface area contributed by atoms with Gasteiger partial charge < -0.3 is 4.74 Å². The van der Waals surface area contributed by atoms with Gasteiger partial charge >= 0.3 is 0 Å². The van der Waals surface area contributed by atoms with Crippen molar-refractivity contribution in [1.82, 2.24) is 0 Å². The van der Waals surface area contributed by atoms with E-state index in [1.54, 1.807) is 0 Å². The van der Waals surface area contributed by atoms with Gasteiger partial charge in [-0.05, 0) is 42.0 Å². The van der Waals surface area contributed by atoms with Gasteiger partial charge in [-0.15, -0.1) is 6.42 Å². The van der Waals surface area contributed by atoms with Gasteiger partial charge in [0.2, 0.25) is 0 Å². The lowest BCUT2D eigenvalue weighted by Gasteiger charge is -2.46. The number of ether oxygens (including phenoxy) is 1. The molecule has 0 bridgehead atoms. The van der Waals surface area contributed by atoms with Crippen LogP contribution in [0.3, 0.4) is 0 Å². The van der Waals surface area contributed by atoms with Gasteiger partial charge in [0.25, 0.3) is 0 Å². The number of ketones is 1. The summed E-state index contributed by atoms with van der Waals surface area (Å²) in [5.74, 6) is 3.64. The predicted octanol–water partition coefficient (Wildman–Crippen LogP) is 3.98. The van der Waals surface area contributed by atoms with Gasteiger partial charge in [-0.2, -0.15) is 0 Å². The molecule has 2 unspecified atom stereocenters. The SMILES string of the molecule is C#CCOc1ccc2c(c1)C1(C)CCCC(C)(C)C1C2=O. The smallest absolute Gasteiger partial charge is 0.167 e. The fourth-order valence-corrected chi connectivity index (χ4v) is 4.58. The molecule has 0 heterocycles. The molecular formula is C19H22O2. The number of carbonyl (C=O) groups is 1. The molecule has 1 aromatic carbocycles. The van der Waals surface area contributed by atoms with Crippen molar-refractivity contribution in [2.24, 2.45) is 11.3 Å². The Hall–Kier alpha value is -1.75. The zero-order valence-corrected chi connectivity index (χ0v) is 13.0. The standard InChI is InChI=1S/C19H22O2/c1-5-11-21-13-7-8-14-15(12-13)19(4)10-6-9-18(2,3)17(19)16(14)20/h1,7-8,12,17H,6,9-11H2,2-4H3. The quantitative estimate of drug-likeness (QED) is 0.767. The molecule has 0 aromatic heterocycles. The Labute approximate surface area is 126 Å². The number of rotatable bonds is 2. The van der Waals surface area contributed by atoms with Crippen LogP contribution < -0.4 is 4.74 Å². The molecule has 3 rings (SSSR count). The zero-order valence-electron chi connectivity index (χ0n) is 13.0. The molecule has 2 nitrogen and oxygen atoms in total. The van der Waals surface area contributed by atoms with Gasteiger partial charge in [0.05, 0.1) is 0 Å². The summed E-state index contributed by atoms with van der Waals surface area (Å²) in [7, 11) is 0. The second-order valence-electron chi connectivity index (χ2n) is 7.26. The average Bonchev–Trinajstić information content (AvgIpc) is 2.65. The topological polar surface area (TPSA) is 26.3 Å². The van der Waals surface area contributed by atoms with E-state index in [1.807, 2.05) is 18.2 Å². The molecule has 2 heteroatoms. The van der Waals surface area contributed by atoms with Gasteiger partial charge in [-0.3, -0.25) is 4.79 Å². The van der Waals surface area contributed by atoms with Gasteiger partial charge in [-0.1, -0.05) is 33.1 Å². The fourth-order valence-electron chi connectivity index (χ4n) is 4.58. The average molecular weight is 282 g/mol. The van der Waals surface area contributed by atoms with Crippen LogP contribution >= 0.6 is 0 Å². The lowest BCUT2D eigenvalue weighted by atomic mass is 9.56. The third kappa shape index (κ3) is 1.99. The summed E-state index contributed by atoms with van der Waals surface area (Å²) < 4.78 is 5.54. The van der Waals surface area contributed by atoms with Crippen LogP contribution in [0.5, 0.6) is 5.75 Å². The largest absolute Gasteiger partial charge is 0.481 e. The van der Waals surface area contributed by atoms with E-state index in [0.717, 1.165) is 29.7 Å². The predicted molar refractivity (Wildman–Crippen MR) is 83.6 cm³/mol. The molecule has 0 radical (unpaired) electrons. The Morgan fingerprint density at radius 3 is 2.81 bits per heavy atom. The molecule has 0 amide bonds. The van der Waals surface area contributed by atoms with E-state index in [4.69, 9.17) is 11.2 Å². The van der Waals surface area contributed by atoms with E-state index in [9.17, 15) is 4.79 Å². The van der Waals surface area contributed by atoms with Crippen molar-refractivity contribution in [1.29, 1.82) is 0 Å². The maximum atomic E-state index is 12.9. The van der Waals surface area contributed by atoms with Crippen molar-refractivity contribution < 1.29 is 9.53 Å². The van der Waals surface area contributed by atoms with E-state index in [-0.39, 0.29) is 23.4 Å². The number of hydrogen-bond acceptors (Lipinski definition) is 2. The van der Waals surface area contributed by atoms with Crippen molar-refractivity contribution >= 4 is 5.78 Å². The van der Waals surface area contributed by atoms with Crippen molar-refractivity contribution in [3.05, 3.63) is 29.3 Å². The van der Waals surface area contributed by atoms with Gasteiger partial charge in [-0.25, -0.2) is 0 Å². The Morgan fingerprint density at radius 1 is 1.33 bits per heavy atom.